The van der Waals surface area contributed by atoms with Gasteiger partial charge in [-0.15, -0.1) is 10.2 Å². The van der Waals surface area contributed by atoms with E-state index in [1.807, 2.05) is 0 Å². The molecule has 13 heavy (non-hydrogen) atoms. The number of nitrogens with one attached hydrogen (secondary N) is 1. The molecule has 1 aromatic heterocycles. The maximum absolute atomic E-state index is 4.06. The van der Waals surface area contributed by atoms with Crippen LogP contribution in [0.15, 0.2) is 3.92 Å². The third kappa shape index (κ3) is 1.48. The SMILES string of the molecule is Brc1nnc(NC2(C3CC3)CC2)s1. The topological polar surface area (TPSA) is 37.8 Å². The van der Waals surface area contributed by atoms with E-state index in [1.165, 1.54) is 25.7 Å². The van der Waals surface area contributed by atoms with Crippen molar-refractivity contribution >= 4 is 32.4 Å². The highest BCUT2D eigenvalue weighted by Crippen LogP contribution is 2.55. The van der Waals surface area contributed by atoms with Crippen molar-refractivity contribution < 1.29 is 0 Å². The van der Waals surface area contributed by atoms with Crippen LogP contribution in [-0.4, -0.2) is 15.7 Å². The Morgan fingerprint density at radius 2 is 2.15 bits per heavy atom. The molecule has 3 rings (SSSR count). The Kier molecular flexibility index (Phi) is 1.68. The van der Waals surface area contributed by atoms with Gasteiger partial charge in [0.25, 0.3) is 0 Å². The monoisotopic (exact) mass is 259 g/mol. The van der Waals surface area contributed by atoms with Crippen LogP contribution in [0.25, 0.3) is 0 Å². The Morgan fingerprint density at radius 1 is 1.38 bits per heavy atom. The van der Waals surface area contributed by atoms with Crippen LogP contribution >= 0.6 is 27.3 Å². The molecule has 2 saturated carbocycles. The Morgan fingerprint density at radius 3 is 2.62 bits per heavy atom. The molecule has 1 N–H and O–H groups in total. The summed E-state index contributed by atoms with van der Waals surface area (Å²) in [6.07, 6.45) is 5.42. The van der Waals surface area contributed by atoms with Crippen LogP contribution in [0.3, 0.4) is 0 Å². The highest BCUT2D eigenvalue weighted by molar-refractivity contribution is 9.11. The molecule has 1 heterocycles. The van der Waals surface area contributed by atoms with E-state index in [1.54, 1.807) is 11.3 Å². The zero-order chi connectivity index (χ0) is 8.89. The summed E-state index contributed by atoms with van der Waals surface area (Å²) in [5, 5.41) is 12.5. The summed E-state index contributed by atoms with van der Waals surface area (Å²) in [5.41, 5.74) is 0.416. The number of hydrogen-bond donors (Lipinski definition) is 1. The van der Waals surface area contributed by atoms with Gasteiger partial charge in [0.05, 0.1) is 0 Å². The van der Waals surface area contributed by atoms with E-state index in [0.717, 1.165) is 15.0 Å². The van der Waals surface area contributed by atoms with E-state index in [0.29, 0.717) is 5.54 Å². The normalized spacial score (nSPS) is 24.4. The fourth-order valence-electron chi connectivity index (χ4n) is 1.87. The highest BCUT2D eigenvalue weighted by atomic mass is 79.9. The summed E-state index contributed by atoms with van der Waals surface area (Å²) in [4.78, 5) is 0. The van der Waals surface area contributed by atoms with Crippen molar-refractivity contribution in [1.29, 1.82) is 0 Å². The van der Waals surface area contributed by atoms with E-state index in [-0.39, 0.29) is 0 Å². The van der Waals surface area contributed by atoms with Crippen molar-refractivity contribution in [3.05, 3.63) is 3.92 Å². The van der Waals surface area contributed by atoms with Gasteiger partial charge in [-0.1, -0.05) is 11.3 Å². The number of halogens is 1. The number of nitrogens with zero attached hydrogens (tertiary/aromatic N) is 2. The molecule has 3 nitrogen and oxygen atoms in total. The molecule has 0 aliphatic heterocycles. The summed E-state index contributed by atoms with van der Waals surface area (Å²) in [6, 6.07) is 0. The first-order valence-corrected chi connectivity index (χ1v) is 6.17. The predicted molar refractivity (Wildman–Crippen MR) is 55.9 cm³/mol. The molecule has 2 aliphatic rings. The second-order valence-corrected chi connectivity index (χ2v) is 6.17. The van der Waals surface area contributed by atoms with Crippen LogP contribution in [0.5, 0.6) is 0 Å². The minimum Gasteiger partial charge on any atom is -0.354 e. The van der Waals surface area contributed by atoms with Crippen molar-refractivity contribution in [2.45, 2.75) is 31.2 Å². The average Bonchev–Trinajstić information content (AvgIpc) is 2.94. The molecular weight excluding hydrogens is 250 g/mol. The Bertz CT molecular complexity index is 330. The first-order valence-electron chi connectivity index (χ1n) is 4.56. The summed E-state index contributed by atoms with van der Waals surface area (Å²) < 4.78 is 0.863. The van der Waals surface area contributed by atoms with E-state index in [4.69, 9.17) is 0 Å². The van der Waals surface area contributed by atoms with Crippen LogP contribution < -0.4 is 5.32 Å². The van der Waals surface area contributed by atoms with Gasteiger partial charge in [-0.2, -0.15) is 0 Å². The quantitative estimate of drug-likeness (QED) is 0.907. The molecule has 0 saturated heterocycles. The Labute approximate surface area is 89.1 Å². The van der Waals surface area contributed by atoms with Gasteiger partial charge in [0.2, 0.25) is 5.13 Å². The minimum atomic E-state index is 0.416. The average molecular weight is 260 g/mol. The molecule has 0 atom stereocenters. The zero-order valence-electron chi connectivity index (χ0n) is 7.09. The maximum Gasteiger partial charge on any atom is 0.206 e. The summed E-state index contributed by atoms with van der Waals surface area (Å²) >= 11 is 4.90. The second-order valence-electron chi connectivity index (χ2n) is 3.92. The lowest BCUT2D eigenvalue weighted by Crippen LogP contribution is -2.23. The van der Waals surface area contributed by atoms with Gasteiger partial charge < -0.3 is 5.32 Å². The summed E-state index contributed by atoms with van der Waals surface area (Å²) in [6.45, 7) is 0. The fourth-order valence-corrected chi connectivity index (χ4v) is 2.99. The van der Waals surface area contributed by atoms with Crippen LogP contribution in [0, 0.1) is 5.92 Å². The van der Waals surface area contributed by atoms with Gasteiger partial charge in [-0.25, -0.2) is 0 Å². The van der Waals surface area contributed by atoms with Crippen molar-refractivity contribution in [1.82, 2.24) is 10.2 Å². The minimum absolute atomic E-state index is 0.416. The molecular formula is C8H10BrN3S. The summed E-state index contributed by atoms with van der Waals surface area (Å²) in [7, 11) is 0. The van der Waals surface area contributed by atoms with Gasteiger partial charge in [0, 0.05) is 5.54 Å². The number of anilines is 1. The molecule has 0 radical (unpaired) electrons. The number of rotatable bonds is 3. The lowest BCUT2D eigenvalue weighted by Gasteiger charge is -2.14. The second kappa shape index (κ2) is 2.67. The number of aromatic nitrogens is 2. The lowest BCUT2D eigenvalue weighted by atomic mass is 10.1. The van der Waals surface area contributed by atoms with Crippen molar-refractivity contribution in [2.75, 3.05) is 5.32 Å². The van der Waals surface area contributed by atoms with Crippen LogP contribution in [-0.2, 0) is 0 Å². The van der Waals surface area contributed by atoms with Crippen LogP contribution in [0.4, 0.5) is 5.13 Å². The third-order valence-corrected chi connectivity index (χ3v) is 4.18. The van der Waals surface area contributed by atoms with Crippen LogP contribution in [0.2, 0.25) is 0 Å². The van der Waals surface area contributed by atoms with E-state index >= 15 is 0 Å². The van der Waals surface area contributed by atoms with E-state index in [2.05, 4.69) is 31.4 Å². The van der Waals surface area contributed by atoms with Crippen molar-refractivity contribution in [2.24, 2.45) is 5.92 Å². The van der Waals surface area contributed by atoms with Gasteiger partial charge in [-0.05, 0) is 47.5 Å². The molecule has 70 valence electrons. The third-order valence-electron chi connectivity index (χ3n) is 2.90. The maximum atomic E-state index is 4.06. The summed E-state index contributed by atoms with van der Waals surface area (Å²) in [5.74, 6) is 0.912. The fraction of sp³-hybridized carbons (Fsp3) is 0.750. The molecule has 0 amide bonds. The van der Waals surface area contributed by atoms with Crippen LogP contribution in [0.1, 0.15) is 25.7 Å². The van der Waals surface area contributed by atoms with Gasteiger partial charge >= 0.3 is 0 Å². The van der Waals surface area contributed by atoms with Crippen molar-refractivity contribution in [3.63, 3.8) is 0 Å². The van der Waals surface area contributed by atoms with Gasteiger partial charge in [-0.3, -0.25) is 0 Å². The molecule has 1 aromatic rings. The zero-order valence-corrected chi connectivity index (χ0v) is 9.49. The van der Waals surface area contributed by atoms with E-state index in [9.17, 15) is 0 Å². The number of hydrogen-bond acceptors (Lipinski definition) is 4. The standard InChI is InChI=1S/C8H10BrN3S/c9-6-11-12-7(13-6)10-8(3-4-8)5-1-2-5/h5H,1-4H2,(H,10,12). The van der Waals surface area contributed by atoms with E-state index < -0.39 is 0 Å². The predicted octanol–water partition coefficient (Wildman–Crippen LogP) is 2.66. The molecule has 0 bridgehead atoms. The van der Waals surface area contributed by atoms with Gasteiger partial charge in [0.1, 0.15) is 0 Å². The molecule has 2 aliphatic carbocycles. The molecule has 2 fully saturated rings. The first-order chi connectivity index (χ1) is 6.28. The first kappa shape index (κ1) is 8.17. The van der Waals surface area contributed by atoms with Crippen molar-refractivity contribution in [3.8, 4) is 0 Å². The van der Waals surface area contributed by atoms with Gasteiger partial charge in [0.15, 0.2) is 3.92 Å². The largest absolute Gasteiger partial charge is 0.354 e. The Balaban J connectivity index is 1.74. The molecule has 0 unspecified atom stereocenters. The highest BCUT2D eigenvalue weighted by Gasteiger charge is 2.54. The lowest BCUT2D eigenvalue weighted by molar-refractivity contribution is 0.632. The molecule has 5 heteroatoms. The Hall–Kier alpha value is -0.160. The molecule has 0 aromatic carbocycles. The smallest absolute Gasteiger partial charge is 0.206 e. The molecule has 0 spiro atoms.